The Morgan fingerprint density at radius 2 is 1.88 bits per heavy atom. The number of nitrogens with one attached hydrogen (secondary N) is 2. The van der Waals surface area contributed by atoms with E-state index in [1.165, 1.54) is 12.4 Å². The van der Waals surface area contributed by atoms with Gasteiger partial charge in [0.25, 0.3) is 5.91 Å². The van der Waals surface area contributed by atoms with Gasteiger partial charge in [-0.3, -0.25) is 4.79 Å². The van der Waals surface area contributed by atoms with Gasteiger partial charge in [0.15, 0.2) is 0 Å². The Balaban J connectivity index is 2.06. The fourth-order valence-corrected chi connectivity index (χ4v) is 2.17. The van der Waals surface area contributed by atoms with Crippen molar-refractivity contribution >= 4 is 29.1 Å². The molecule has 0 unspecified atom stereocenters. The SMILES string of the molecule is CC(C)CCNc1ncc(C(=O)Nc2cc(C(F)(F)F)ccc2Cl)cn1. The first-order valence-corrected chi connectivity index (χ1v) is 8.28. The molecule has 1 amide bonds. The molecule has 1 aromatic heterocycles. The number of hydrogen-bond donors (Lipinski definition) is 2. The third-order valence-electron chi connectivity index (χ3n) is 3.46. The molecule has 0 saturated carbocycles. The number of halogens is 4. The number of rotatable bonds is 6. The lowest BCUT2D eigenvalue weighted by atomic mass is 10.1. The van der Waals surface area contributed by atoms with E-state index in [1.54, 1.807) is 0 Å². The Hall–Kier alpha value is -2.35. The van der Waals surface area contributed by atoms with Crippen molar-refractivity contribution in [2.45, 2.75) is 26.4 Å². The van der Waals surface area contributed by atoms with E-state index in [1.807, 2.05) is 0 Å². The third kappa shape index (κ3) is 5.59. The molecule has 0 atom stereocenters. The van der Waals surface area contributed by atoms with Gasteiger partial charge >= 0.3 is 6.18 Å². The number of hydrogen-bond acceptors (Lipinski definition) is 4. The topological polar surface area (TPSA) is 66.9 Å². The first-order valence-electron chi connectivity index (χ1n) is 7.91. The van der Waals surface area contributed by atoms with E-state index in [2.05, 4.69) is 34.4 Å². The van der Waals surface area contributed by atoms with Crippen LogP contribution in [-0.2, 0) is 6.18 Å². The molecule has 0 aliphatic heterocycles. The van der Waals surface area contributed by atoms with Gasteiger partial charge in [0.05, 0.1) is 21.8 Å². The van der Waals surface area contributed by atoms with Gasteiger partial charge in [-0.15, -0.1) is 0 Å². The van der Waals surface area contributed by atoms with Crippen molar-refractivity contribution in [2.24, 2.45) is 5.92 Å². The van der Waals surface area contributed by atoms with Crippen molar-refractivity contribution in [3.8, 4) is 0 Å². The van der Waals surface area contributed by atoms with Crippen LogP contribution in [0.3, 0.4) is 0 Å². The maximum Gasteiger partial charge on any atom is 0.416 e. The number of nitrogens with zero attached hydrogens (tertiary/aromatic N) is 2. The molecule has 0 saturated heterocycles. The summed E-state index contributed by atoms with van der Waals surface area (Å²) in [5.74, 6) is 0.254. The highest BCUT2D eigenvalue weighted by Gasteiger charge is 2.31. The molecule has 0 fully saturated rings. The molecule has 0 radical (unpaired) electrons. The molecule has 0 spiro atoms. The molecule has 26 heavy (non-hydrogen) atoms. The summed E-state index contributed by atoms with van der Waals surface area (Å²) >= 11 is 5.86. The molecule has 2 aromatic rings. The van der Waals surface area contributed by atoms with Gasteiger partial charge in [-0.2, -0.15) is 13.2 Å². The molecular formula is C17H18ClF3N4O. The third-order valence-corrected chi connectivity index (χ3v) is 3.79. The monoisotopic (exact) mass is 386 g/mol. The second kappa shape index (κ2) is 8.35. The van der Waals surface area contributed by atoms with E-state index >= 15 is 0 Å². The summed E-state index contributed by atoms with van der Waals surface area (Å²) in [6.45, 7) is 4.88. The number of carbonyl (C=O) groups excluding carboxylic acids is 1. The maximum absolute atomic E-state index is 12.8. The Morgan fingerprint density at radius 3 is 2.46 bits per heavy atom. The molecule has 2 N–H and O–H groups in total. The Morgan fingerprint density at radius 1 is 1.23 bits per heavy atom. The Kier molecular flexibility index (Phi) is 6.42. The molecule has 1 heterocycles. The van der Waals surface area contributed by atoms with Crippen LogP contribution in [0, 0.1) is 5.92 Å². The first kappa shape index (κ1) is 20.0. The number of amides is 1. The van der Waals surface area contributed by atoms with E-state index in [9.17, 15) is 18.0 Å². The largest absolute Gasteiger partial charge is 0.416 e. The van der Waals surface area contributed by atoms with Crippen LogP contribution >= 0.6 is 11.6 Å². The minimum Gasteiger partial charge on any atom is -0.354 e. The van der Waals surface area contributed by atoms with Gasteiger partial charge in [0, 0.05) is 18.9 Å². The number of anilines is 2. The first-order chi connectivity index (χ1) is 12.2. The van der Waals surface area contributed by atoms with Crippen LogP contribution in [0.2, 0.25) is 5.02 Å². The summed E-state index contributed by atoms with van der Waals surface area (Å²) < 4.78 is 38.3. The van der Waals surface area contributed by atoms with E-state index in [0.717, 1.165) is 24.6 Å². The summed E-state index contributed by atoms with van der Waals surface area (Å²) in [5.41, 5.74) is -0.934. The molecule has 5 nitrogen and oxygen atoms in total. The van der Waals surface area contributed by atoms with Crippen molar-refractivity contribution in [1.29, 1.82) is 0 Å². The van der Waals surface area contributed by atoms with Crippen molar-refractivity contribution in [2.75, 3.05) is 17.2 Å². The zero-order valence-corrected chi connectivity index (χ0v) is 14.9. The average molecular weight is 387 g/mol. The van der Waals surface area contributed by atoms with Crippen LogP contribution in [0.5, 0.6) is 0 Å². The standard InChI is InChI=1S/C17H18ClF3N4O/c1-10(2)5-6-22-16-23-8-11(9-24-16)15(26)25-14-7-12(17(19,20)21)3-4-13(14)18/h3-4,7-10H,5-6H2,1-2H3,(H,25,26)(H,22,23,24). The molecule has 1 aromatic carbocycles. The number of aromatic nitrogens is 2. The maximum atomic E-state index is 12.8. The van der Waals surface area contributed by atoms with Crippen LogP contribution in [0.1, 0.15) is 36.2 Å². The molecule has 0 aliphatic rings. The highest BCUT2D eigenvalue weighted by atomic mass is 35.5. The summed E-state index contributed by atoms with van der Waals surface area (Å²) in [5, 5.41) is 5.37. The van der Waals surface area contributed by atoms with Gasteiger partial charge in [0.1, 0.15) is 0 Å². The highest BCUT2D eigenvalue weighted by Crippen LogP contribution is 2.33. The second-order valence-electron chi connectivity index (χ2n) is 6.05. The van der Waals surface area contributed by atoms with Crippen molar-refractivity contribution in [3.05, 3.63) is 46.7 Å². The predicted octanol–water partition coefficient (Wildman–Crippen LogP) is 4.86. The number of alkyl halides is 3. The lowest BCUT2D eigenvalue weighted by Gasteiger charge is -2.12. The zero-order chi connectivity index (χ0) is 19.3. The molecule has 0 aliphatic carbocycles. The van der Waals surface area contributed by atoms with Gasteiger partial charge in [0.2, 0.25) is 5.95 Å². The molecule has 2 rings (SSSR count). The predicted molar refractivity (Wildman–Crippen MR) is 94.4 cm³/mol. The van der Waals surface area contributed by atoms with Gasteiger partial charge in [-0.25, -0.2) is 9.97 Å². The fourth-order valence-electron chi connectivity index (χ4n) is 2.00. The number of carbonyl (C=O) groups is 1. The molecule has 0 bridgehead atoms. The average Bonchev–Trinajstić information content (AvgIpc) is 2.56. The summed E-state index contributed by atoms with van der Waals surface area (Å²) in [7, 11) is 0. The normalized spacial score (nSPS) is 11.5. The smallest absolute Gasteiger partial charge is 0.354 e. The summed E-state index contributed by atoms with van der Waals surface area (Å²) in [4.78, 5) is 20.2. The second-order valence-corrected chi connectivity index (χ2v) is 6.46. The minimum absolute atomic E-state index is 0.000703. The van der Waals surface area contributed by atoms with E-state index in [0.29, 0.717) is 18.4 Å². The van der Waals surface area contributed by atoms with E-state index < -0.39 is 17.6 Å². The van der Waals surface area contributed by atoms with Crippen LogP contribution in [0.15, 0.2) is 30.6 Å². The van der Waals surface area contributed by atoms with E-state index in [-0.39, 0.29) is 16.3 Å². The summed E-state index contributed by atoms with van der Waals surface area (Å²) in [6, 6.07) is 2.71. The van der Waals surface area contributed by atoms with Crippen LogP contribution < -0.4 is 10.6 Å². The van der Waals surface area contributed by atoms with Crippen LogP contribution in [0.4, 0.5) is 24.8 Å². The van der Waals surface area contributed by atoms with Crippen molar-refractivity contribution < 1.29 is 18.0 Å². The van der Waals surface area contributed by atoms with Gasteiger partial charge in [-0.1, -0.05) is 25.4 Å². The minimum atomic E-state index is -4.53. The van der Waals surface area contributed by atoms with Crippen molar-refractivity contribution in [3.63, 3.8) is 0 Å². The lowest BCUT2D eigenvalue weighted by molar-refractivity contribution is -0.137. The summed E-state index contributed by atoms with van der Waals surface area (Å²) in [6.07, 6.45) is -1.00. The van der Waals surface area contributed by atoms with E-state index in [4.69, 9.17) is 11.6 Å². The molecular weight excluding hydrogens is 369 g/mol. The Bertz CT molecular complexity index is 764. The van der Waals surface area contributed by atoms with Crippen molar-refractivity contribution in [1.82, 2.24) is 9.97 Å². The quantitative estimate of drug-likeness (QED) is 0.744. The number of benzene rings is 1. The van der Waals surface area contributed by atoms with Crippen LogP contribution in [-0.4, -0.2) is 22.4 Å². The van der Waals surface area contributed by atoms with Gasteiger partial charge in [-0.05, 0) is 30.5 Å². The fraction of sp³-hybridized carbons (Fsp3) is 0.353. The highest BCUT2D eigenvalue weighted by molar-refractivity contribution is 6.34. The molecule has 140 valence electrons. The molecule has 9 heteroatoms. The van der Waals surface area contributed by atoms with Gasteiger partial charge < -0.3 is 10.6 Å². The zero-order valence-electron chi connectivity index (χ0n) is 14.2. The van der Waals surface area contributed by atoms with Crippen LogP contribution in [0.25, 0.3) is 0 Å². The Labute approximate surface area is 154 Å². The lowest BCUT2D eigenvalue weighted by Crippen LogP contribution is -2.15.